The first kappa shape index (κ1) is 7.62. The van der Waals surface area contributed by atoms with Crippen LogP contribution in [0, 0.1) is 0 Å². The van der Waals surface area contributed by atoms with Gasteiger partial charge in [0, 0.05) is 6.20 Å². The Kier molecular flexibility index (Phi) is 4.04. The average molecular weight is 125 g/mol. The highest BCUT2D eigenvalue weighted by Gasteiger charge is 1.83. The van der Waals surface area contributed by atoms with E-state index in [2.05, 4.69) is 11.9 Å². The number of aldehydes is 1. The van der Waals surface area contributed by atoms with Crippen molar-refractivity contribution in [3.63, 3.8) is 0 Å². The molecular formula is C6H7NO2. The molecule has 0 spiro atoms. The third kappa shape index (κ3) is 4.47. The van der Waals surface area contributed by atoms with Gasteiger partial charge in [-0.25, -0.2) is 0 Å². The molecule has 48 valence electrons. The zero-order valence-electron chi connectivity index (χ0n) is 4.83. The van der Waals surface area contributed by atoms with Crippen molar-refractivity contribution < 1.29 is 9.59 Å². The van der Waals surface area contributed by atoms with Crippen LogP contribution in [0.2, 0.25) is 0 Å². The summed E-state index contributed by atoms with van der Waals surface area (Å²) in [4.78, 5) is 19.9. The van der Waals surface area contributed by atoms with Gasteiger partial charge in [0.25, 0.3) is 0 Å². The molecule has 3 heteroatoms. The molecule has 0 aliphatic carbocycles. The van der Waals surface area contributed by atoms with Gasteiger partial charge < -0.3 is 5.32 Å². The molecule has 1 N–H and O–H groups in total. The molecule has 9 heavy (non-hydrogen) atoms. The molecule has 0 radical (unpaired) electrons. The van der Waals surface area contributed by atoms with E-state index in [1.165, 1.54) is 12.3 Å². The fourth-order valence-electron chi connectivity index (χ4n) is 0.228. The minimum atomic E-state index is -0.326. The van der Waals surface area contributed by atoms with Crippen molar-refractivity contribution in [1.29, 1.82) is 0 Å². The van der Waals surface area contributed by atoms with Crippen molar-refractivity contribution in [3.8, 4) is 0 Å². The van der Waals surface area contributed by atoms with E-state index >= 15 is 0 Å². The second-order valence-corrected chi connectivity index (χ2v) is 1.21. The monoisotopic (exact) mass is 125 g/mol. The average Bonchev–Trinajstić information content (AvgIpc) is 1.89. The van der Waals surface area contributed by atoms with E-state index in [-0.39, 0.29) is 5.91 Å². The van der Waals surface area contributed by atoms with Gasteiger partial charge in [-0.3, -0.25) is 9.59 Å². The summed E-state index contributed by atoms with van der Waals surface area (Å²) in [6, 6.07) is 0. The standard InChI is InChI=1S/C6H7NO2/c1-2-6(9)7-4-3-5-8/h2-5H,1H2,(H,7,9). The van der Waals surface area contributed by atoms with Gasteiger partial charge in [-0.2, -0.15) is 0 Å². The van der Waals surface area contributed by atoms with Crippen molar-refractivity contribution in [1.82, 2.24) is 5.32 Å². The Balaban J connectivity index is 3.49. The van der Waals surface area contributed by atoms with Crippen LogP contribution in [0.3, 0.4) is 0 Å². The minimum Gasteiger partial charge on any atom is -0.329 e. The van der Waals surface area contributed by atoms with Gasteiger partial charge in [0.1, 0.15) is 6.29 Å². The van der Waals surface area contributed by atoms with E-state index in [1.807, 2.05) is 0 Å². The predicted molar refractivity (Wildman–Crippen MR) is 33.5 cm³/mol. The van der Waals surface area contributed by atoms with E-state index in [9.17, 15) is 9.59 Å². The zero-order valence-corrected chi connectivity index (χ0v) is 4.83. The Morgan fingerprint density at radius 3 is 2.67 bits per heavy atom. The van der Waals surface area contributed by atoms with Gasteiger partial charge in [-0.05, 0) is 12.2 Å². The number of amides is 1. The van der Waals surface area contributed by atoms with Crippen molar-refractivity contribution in [3.05, 3.63) is 24.9 Å². The molecule has 0 saturated carbocycles. The fourth-order valence-corrected chi connectivity index (χ4v) is 0.228. The van der Waals surface area contributed by atoms with Gasteiger partial charge in [-0.15, -0.1) is 0 Å². The van der Waals surface area contributed by atoms with Gasteiger partial charge >= 0.3 is 0 Å². The molecule has 0 unspecified atom stereocenters. The molecule has 0 aromatic carbocycles. The van der Waals surface area contributed by atoms with Crippen LogP contribution >= 0.6 is 0 Å². The van der Waals surface area contributed by atoms with Gasteiger partial charge in [0.15, 0.2) is 0 Å². The number of rotatable bonds is 3. The van der Waals surface area contributed by atoms with E-state index in [4.69, 9.17) is 0 Å². The maximum atomic E-state index is 10.3. The first-order valence-corrected chi connectivity index (χ1v) is 2.34. The van der Waals surface area contributed by atoms with Gasteiger partial charge in [0.05, 0.1) is 0 Å². The smallest absolute Gasteiger partial charge is 0.247 e. The molecule has 0 rings (SSSR count). The first-order chi connectivity index (χ1) is 4.31. The molecule has 0 bridgehead atoms. The van der Waals surface area contributed by atoms with E-state index < -0.39 is 0 Å². The lowest BCUT2D eigenvalue weighted by Crippen LogP contribution is -2.12. The quantitative estimate of drug-likeness (QED) is 0.426. The Bertz CT molecular complexity index is 149. The highest BCUT2D eigenvalue weighted by atomic mass is 16.1. The van der Waals surface area contributed by atoms with Crippen LogP contribution in [-0.4, -0.2) is 12.2 Å². The van der Waals surface area contributed by atoms with Crippen LogP contribution < -0.4 is 5.32 Å². The van der Waals surface area contributed by atoms with Crippen LogP contribution in [0.1, 0.15) is 0 Å². The minimum absolute atomic E-state index is 0.326. The lowest BCUT2D eigenvalue weighted by molar-refractivity contribution is -0.115. The lowest BCUT2D eigenvalue weighted by atomic mass is 10.6. The van der Waals surface area contributed by atoms with Crippen LogP contribution in [0.15, 0.2) is 24.9 Å². The van der Waals surface area contributed by atoms with E-state index in [1.54, 1.807) is 0 Å². The Hall–Kier alpha value is -1.38. The number of hydrogen-bond donors (Lipinski definition) is 1. The molecular weight excluding hydrogens is 118 g/mol. The first-order valence-electron chi connectivity index (χ1n) is 2.34. The lowest BCUT2D eigenvalue weighted by Gasteiger charge is -1.86. The Morgan fingerprint density at radius 1 is 1.56 bits per heavy atom. The topological polar surface area (TPSA) is 46.2 Å². The summed E-state index contributed by atoms with van der Waals surface area (Å²) < 4.78 is 0. The molecule has 1 amide bonds. The maximum absolute atomic E-state index is 10.3. The van der Waals surface area contributed by atoms with Crippen LogP contribution in [0.25, 0.3) is 0 Å². The third-order valence-electron chi connectivity index (χ3n) is 0.586. The van der Waals surface area contributed by atoms with Gasteiger partial charge in [0.2, 0.25) is 5.91 Å². The zero-order chi connectivity index (χ0) is 7.11. The second kappa shape index (κ2) is 4.77. The second-order valence-electron chi connectivity index (χ2n) is 1.21. The number of nitrogens with one attached hydrogen (secondary N) is 1. The highest BCUT2D eigenvalue weighted by Crippen LogP contribution is 1.65. The van der Waals surface area contributed by atoms with E-state index in [0.717, 1.165) is 6.08 Å². The number of allylic oxidation sites excluding steroid dienone is 1. The predicted octanol–water partition coefficient (Wildman–Crippen LogP) is 0.00120. The van der Waals surface area contributed by atoms with Crippen molar-refractivity contribution in [2.75, 3.05) is 0 Å². The molecule has 3 nitrogen and oxygen atoms in total. The van der Waals surface area contributed by atoms with E-state index in [0.29, 0.717) is 6.29 Å². The van der Waals surface area contributed by atoms with Crippen LogP contribution in [0.4, 0.5) is 0 Å². The maximum Gasteiger partial charge on any atom is 0.247 e. The van der Waals surface area contributed by atoms with Gasteiger partial charge in [-0.1, -0.05) is 6.58 Å². The molecule has 0 fully saturated rings. The summed E-state index contributed by atoms with van der Waals surface area (Å²) in [6.07, 6.45) is 4.12. The summed E-state index contributed by atoms with van der Waals surface area (Å²) in [5.41, 5.74) is 0. The SMILES string of the molecule is C=CC(=O)NC=CC=O. The molecule has 0 saturated heterocycles. The largest absolute Gasteiger partial charge is 0.329 e. The Labute approximate surface area is 53.1 Å². The third-order valence-corrected chi connectivity index (χ3v) is 0.586. The molecule has 0 aliphatic heterocycles. The van der Waals surface area contributed by atoms with Crippen molar-refractivity contribution in [2.24, 2.45) is 0 Å². The molecule has 0 atom stereocenters. The normalized spacial score (nSPS) is 8.89. The summed E-state index contributed by atoms with van der Waals surface area (Å²) in [5, 5.41) is 2.26. The fraction of sp³-hybridized carbons (Fsp3) is 0. The molecule has 0 aromatic rings. The summed E-state index contributed by atoms with van der Waals surface area (Å²) >= 11 is 0. The molecule has 0 aliphatic rings. The summed E-state index contributed by atoms with van der Waals surface area (Å²) in [7, 11) is 0. The van der Waals surface area contributed by atoms with Crippen molar-refractivity contribution in [2.45, 2.75) is 0 Å². The highest BCUT2D eigenvalue weighted by molar-refractivity contribution is 5.87. The summed E-state index contributed by atoms with van der Waals surface area (Å²) in [5.74, 6) is -0.326. The van der Waals surface area contributed by atoms with Crippen LogP contribution in [0.5, 0.6) is 0 Å². The Morgan fingerprint density at radius 2 is 2.22 bits per heavy atom. The number of hydrogen-bond acceptors (Lipinski definition) is 2. The summed E-state index contributed by atoms with van der Waals surface area (Å²) in [6.45, 7) is 3.21. The molecule has 0 heterocycles. The van der Waals surface area contributed by atoms with Crippen molar-refractivity contribution >= 4 is 12.2 Å². The number of carbonyl (C=O) groups excluding carboxylic acids is 2. The number of carbonyl (C=O) groups is 2. The van der Waals surface area contributed by atoms with Crippen LogP contribution in [-0.2, 0) is 9.59 Å². The molecule has 0 aromatic heterocycles.